The molecule has 2 aromatic heterocycles. The number of nitrogens with one attached hydrogen (secondary N) is 1. The van der Waals surface area contributed by atoms with Gasteiger partial charge in [-0.3, -0.25) is 0 Å². The molecule has 0 radical (unpaired) electrons. The first kappa shape index (κ1) is 25.3. The summed E-state index contributed by atoms with van der Waals surface area (Å²) in [6.07, 6.45) is 4.12. The van der Waals surface area contributed by atoms with Crippen LogP contribution in [0.4, 0.5) is 15.3 Å². The zero-order chi connectivity index (χ0) is 27.0. The average Bonchev–Trinajstić information content (AvgIpc) is 3.30. The molecule has 1 N–H and O–H groups in total. The van der Waals surface area contributed by atoms with Crippen molar-refractivity contribution in [2.75, 3.05) is 26.0 Å². The Bertz CT molecular complexity index is 1520. The van der Waals surface area contributed by atoms with Crippen LogP contribution in [0.15, 0.2) is 60.9 Å². The van der Waals surface area contributed by atoms with Crippen molar-refractivity contribution in [3.63, 3.8) is 0 Å². The Morgan fingerprint density at radius 2 is 1.79 bits per heavy atom. The normalized spacial score (nSPS) is 13.2. The Morgan fingerprint density at radius 3 is 2.55 bits per heavy atom. The van der Waals surface area contributed by atoms with E-state index in [-0.39, 0.29) is 12.1 Å². The number of aromatic nitrogens is 3. The van der Waals surface area contributed by atoms with Gasteiger partial charge < -0.3 is 19.9 Å². The van der Waals surface area contributed by atoms with Crippen LogP contribution >= 0.6 is 0 Å². The lowest BCUT2D eigenvalue weighted by atomic mass is 9.95. The molecule has 0 atom stereocenters. The average molecular weight is 513 g/mol. The quantitative estimate of drug-likeness (QED) is 0.394. The zero-order valence-electron chi connectivity index (χ0n) is 22.4. The summed E-state index contributed by atoms with van der Waals surface area (Å²) in [6, 6.07) is 15.8. The van der Waals surface area contributed by atoms with E-state index in [0.717, 1.165) is 34.4 Å². The van der Waals surface area contributed by atoms with E-state index in [1.165, 1.54) is 10.5 Å². The Hall–Kier alpha value is -4.40. The predicted octanol–water partition coefficient (Wildman–Crippen LogP) is 5.45. The summed E-state index contributed by atoms with van der Waals surface area (Å²) < 4.78 is 7.36. The van der Waals surface area contributed by atoms with Crippen LogP contribution in [0.1, 0.15) is 31.9 Å². The number of carbonyl (C=O) groups excluding carboxylic acids is 2. The molecule has 0 saturated carbocycles. The van der Waals surface area contributed by atoms with Crippen LogP contribution in [0.5, 0.6) is 0 Å². The highest BCUT2D eigenvalue weighted by Gasteiger charge is 2.26. The van der Waals surface area contributed by atoms with Gasteiger partial charge in [0.2, 0.25) is 0 Å². The number of nitrogens with zero attached hydrogens (tertiary/aromatic N) is 5. The van der Waals surface area contributed by atoms with E-state index in [4.69, 9.17) is 4.74 Å². The number of amides is 3. The van der Waals surface area contributed by atoms with Gasteiger partial charge in [-0.15, -0.1) is 0 Å². The molecule has 0 aliphatic carbocycles. The van der Waals surface area contributed by atoms with Gasteiger partial charge >= 0.3 is 12.1 Å². The molecule has 0 bridgehead atoms. The molecule has 38 heavy (non-hydrogen) atoms. The maximum atomic E-state index is 12.6. The first-order chi connectivity index (χ1) is 18.1. The van der Waals surface area contributed by atoms with Crippen molar-refractivity contribution in [1.82, 2.24) is 24.4 Å². The van der Waals surface area contributed by atoms with Crippen LogP contribution in [0.3, 0.4) is 0 Å². The molecule has 0 spiro atoms. The smallest absolute Gasteiger partial charge is 0.410 e. The third-order valence-electron chi connectivity index (χ3n) is 6.38. The van der Waals surface area contributed by atoms with Gasteiger partial charge in [0.15, 0.2) is 5.65 Å². The highest BCUT2D eigenvalue weighted by atomic mass is 16.6. The minimum atomic E-state index is -0.523. The molecule has 3 amide bonds. The van der Waals surface area contributed by atoms with Gasteiger partial charge in [-0.25, -0.2) is 19.1 Å². The van der Waals surface area contributed by atoms with Crippen molar-refractivity contribution >= 4 is 23.5 Å². The summed E-state index contributed by atoms with van der Waals surface area (Å²) in [6.45, 7) is 6.80. The number of carbonyl (C=O) groups is 2. The molecule has 0 unspecified atom stereocenters. The predicted molar refractivity (Wildman–Crippen MR) is 147 cm³/mol. The van der Waals surface area contributed by atoms with Gasteiger partial charge in [0, 0.05) is 44.0 Å². The number of urea groups is 1. The molecule has 9 heteroatoms. The number of rotatable bonds is 3. The fraction of sp³-hybridized carbons (Fsp3) is 0.310. The van der Waals surface area contributed by atoms with E-state index >= 15 is 0 Å². The number of benzene rings is 2. The maximum absolute atomic E-state index is 12.6. The van der Waals surface area contributed by atoms with Gasteiger partial charge in [-0.2, -0.15) is 5.10 Å². The maximum Gasteiger partial charge on any atom is 0.410 e. The first-order valence-electron chi connectivity index (χ1n) is 12.6. The third kappa shape index (κ3) is 5.32. The minimum absolute atomic E-state index is 0.192. The highest BCUT2D eigenvalue weighted by Crippen LogP contribution is 2.29. The summed E-state index contributed by atoms with van der Waals surface area (Å²) in [5.74, 6) is 0. The second-order valence-corrected chi connectivity index (χ2v) is 10.7. The van der Waals surface area contributed by atoms with Crippen LogP contribution in [0.25, 0.3) is 28.0 Å². The molecule has 5 rings (SSSR count). The van der Waals surface area contributed by atoms with Crippen molar-refractivity contribution in [2.45, 2.75) is 39.3 Å². The van der Waals surface area contributed by atoms with Crippen molar-refractivity contribution in [3.8, 4) is 22.4 Å². The Morgan fingerprint density at radius 1 is 0.974 bits per heavy atom. The van der Waals surface area contributed by atoms with E-state index in [2.05, 4.69) is 33.6 Å². The lowest BCUT2D eigenvalue weighted by Gasteiger charge is -2.31. The number of anilines is 1. The fourth-order valence-corrected chi connectivity index (χ4v) is 4.44. The Balaban J connectivity index is 1.39. The largest absolute Gasteiger partial charge is 0.444 e. The topological polar surface area (TPSA) is 92.1 Å². The van der Waals surface area contributed by atoms with Crippen molar-refractivity contribution in [1.29, 1.82) is 0 Å². The van der Waals surface area contributed by atoms with Crippen molar-refractivity contribution in [3.05, 3.63) is 72.1 Å². The van der Waals surface area contributed by atoms with Crippen LogP contribution in [-0.4, -0.2) is 62.8 Å². The molecule has 3 heterocycles. The lowest BCUT2D eigenvalue weighted by molar-refractivity contribution is 0.0224. The van der Waals surface area contributed by atoms with Crippen molar-refractivity contribution < 1.29 is 14.3 Å². The first-order valence-corrected chi connectivity index (χ1v) is 12.6. The number of fused-ring (bicyclic) bond motifs is 2. The van der Waals surface area contributed by atoms with Crippen LogP contribution in [0.2, 0.25) is 0 Å². The van der Waals surface area contributed by atoms with E-state index in [0.29, 0.717) is 24.4 Å². The molecular weight excluding hydrogens is 480 g/mol. The summed E-state index contributed by atoms with van der Waals surface area (Å²) in [5, 5.41) is 7.56. The Kier molecular flexibility index (Phi) is 6.52. The zero-order valence-corrected chi connectivity index (χ0v) is 22.4. The van der Waals surface area contributed by atoms with Crippen LogP contribution in [0, 0.1) is 0 Å². The van der Waals surface area contributed by atoms with Crippen LogP contribution < -0.4 is 5.32 Å². The Labute approximate surface area is 222 Å². The number of hydrogen-bond acceptors (Lipinski definition) is 5. The highest BCUT2D eigenvalue weighted by molar-refractivity contribution is 5.89. The summed E-state index contributed by atoms with van der Waals surface area (Å²) in [7, 11) is 3.40. The van der Waals surface area contributed by atoms with E-state index < -0.39 is 5.60 Å². The molecular formula is C29H32N6O3. The second kappa shape index (κ2) is 9.81. The van der Waals surface area contributed by atoms with E-state index in [9.17, 15) is 9.59 Å². The van der Waals surface area contributed by atoms with Gasteiger partial charge in [0.1, 0.15) is 5.60 Å². The van der Waals surface area contributed by atoms with Gasteiger partial charge in [-0.05, 0) is 68.1 Å². The molecule has 4 aromatic rings. The van der Waals surface area contributed by atoms with Crippen LogP contribution in [-0.2, 0) is 17.7 Å². The number of imidazole rings is 1. The van der Waals surface area contributed by atoms with E-state index in [1.54, 1.807) is 29.7 Å². The summed E-state index contributed by atoms with van der Waals surface area (Å²) in [5.41, 5.74) is 6.92. The third-order valence-corrected chi connectivity index (χ3v) is 6.38. The SMILES string of the molecule is CN(C)C(=O)Nc1cccc(-c2cnc3cc(-c4ccc5c(c4)CN(C(=O)OC(C)(C)C)CC5)cnn23)c1. The molecule has 1 aliphatic rings. The summed E-state index contributed by atoms with van der Waals surface area (Å²) >= 11 is 0. The lowest BCUT2D eigenvalue weighted by Crippen LogP contribution is -2.39. The molecule has 1 aliphatic heterocycles. The van der Waals surface area contributed by atoms with Gasteiger partial charge in [0.05, 0.1) is 18.1 Å². The molecule has 0 fully saturated rings. The van der Waals surface area contributed by atoms with Gasteiger partial charge in [0.25, 0.3) is 0 Å². The number of ether oxygens (including phenoxy) is 1. The molecule has 2 aromatic carbocycles. The second-order valence-electron chi connectivity index (χ2n) is 10.7. The standard InChI is InChI=1S/C29H32N6O3/c1-29(2,3)38-28(37)34-12-11-19-9-10-20(13-23(19)18-34)22-15-26-30-17-25(35(26)31-16-22)21-7-6-8-24(14-21)32-27(36)33(4)5/h6-10,13-17H,11-12,18H2,1-5H3,(H,32,36). The fourth-order valence-electron chi connectivity index (χ4n) is 4.44. The minimum Gasteiger partial charge on any atom is -0.444 e. The monoisotopic (exact) mass is 512 g/mol. The summed E-state index contributed by atoms with van der Waals surface area (Å²) in [4.78, 5) is 32.5. The number of hydrogen-bond donors (Lipinski definition) is 1. The van der Waals surface area contributed by atoms with Gasteiger partial charge in [-0.1, -0.05) is 24.3 Å². The molecule has 196 valence electrons. The van der Waals surface area contributed by atoms with E-state index in [1.807, 2.05) is 57.3 Å². The van der Waals surface area contributed by atoms with Crippen molar-refractivity contribution in [2.24, 2.45) is 0 Å². The molecule has 0 saturated heterocycles. The molecule has 9 nitrogen and oxygen atoms in total.